The van der Waals surface area contributed by atoms with Crippen molar-refractivity contribution < 1.29 is 0 Å². The molecule has 1 aromatic heterocycles. The Balaban J connectivity index is 2.02. The molecule has 1 fully saturated rings. The highest BCUT2D eigenvalue weighted by Gasteiger charge is 2.36. The van der Waals surface area contributed by atoms with Crippen molar-refractivity contribution in [1.82, 2.24) is 14.5 Å². The Labute approximate surface area is 173 Å². The monoisotopic (exact) mass is 426 g/mol. The van der Waals surface area contributed by atoms with Crippen molar-refractivity contribution in [2.75, 3.05) is 12.3 Å². The van der Waals surface area contributed by atoms with Gasteiger partial charge in [-0.25, -0.2) is 4.98 Å². The van der Waals surface area contributed by atoms with Crippen molar-refractivity contribution in [3.63, 3.8) is 0 Å². The molecule has 2 heterocycles. The summed E-state index contributed by atoms with van der Waals surface area (Å²) < 4.78 is 1.62. The van der Waals surface area contributed by atoms with Gasteiger partial charge in [0.25, 0.3) is 5.56 Å². The van der Waals surface area contributed by atoms with Crippen LogP contribution in [-0.4, -0.2) is 26.5 Å². The van der Waals surface area contributed by atoms with Gasteiger partial charge in [0.1, 0.15) is 16.5 Å². The summed E-state index contributed by atoms with van der Waals surface area (Å²) in [4.78, 5) is 21.1. The number of nitrogens with two attached hydrogens (primary N) is 1. The molecule has 1 aliphatic rings. The number of rotatable bonds is 3. The van der Waals surface area contributed by atoms with Gasteiger partial charge in [0.05, 0.1) is 16.1 Å². The lowest BCUT2D eigenvalue weighted by molar-refractivity contribution is 0.114. The number of benzene rings is 1. The molecule has 0 aliphatic carbocycles. The quantitative estimate of drug-likeness (QED) is 0.766. The summed E-state index contributed by atoms with van der Waals surface area (Å²) in [5.74, 6) is 0.946. The van der Waals surface area contributed by atoms with E-state index in [1.807, 2.05) is 6.07 Å². The van der Waals surface area contributed by atoms with Gasteiger partial charge in [-0.05, 0) is 52.3 Å². The van der Waals surface area contributed by atoms with Crippen molar-refractivity contribution >= 4 is 40.8 Å². The fourth-order valence-electron chi connectivity index (χ4n) is 3.52. The zero-order valence-corrected chi connectivity index (χ0v) is 18.3. The third kappa shape index (κ3) is 3.99. The van der Waals surface area contributed by atoms with Gasteiger partial charge < -0.3 is 5.73 Å². The molecule has 0 saturated carbocycles. The van der Waals surface area contributed by atoms with Crippen LogP contribution in [0.1, 0.15) is 45.5 Å². The Kier molecular flexibility index (Phi) is 5.82. The third-order valence-electron chi connectivity index (χ3n) is 4.85. The summed E-state index contributed by atoms with van der Waals surface area (Å²) >= 11 is 13.5. The van der Waals surface area contributed by atoms with Gasteiger partial charge in [-0.2, -0.15) is 0 Å². The molecule has 1 atom stereocenters. The summed E-state index contributed by atoms with van der Waals surface area (Å²) in [5, 5.41) is 0.845. The van der Waals surface area contributed by atoms with E-state index in [0.29, 0.717) is 25.7 Å². The second-order valence-corrected chi connectivity index (χ2v) is 9.56. The van der Waals surface area contributed by atoms with Crippen molar-refractivity contribution in [3.8, 4) is 0 Å². The molecular weight excluding hydrogens is 403 g/mol. The standard InChI is InChI=1S/C19H24Cl2N4OS/c1-19(2,3)25-10-6-8-12(25)17-23-16(22)15(18(26)24(17)4)27-13-9-5-7-11(20)14(13)21/h5,7,9,12H,6,8,10,22H2,1-4H3. The third-order valence-corrected chi connectivity index (χ3v) is 6.93. The Bertz CT molecular complexity index is 923. The molecule has 1 saturated heterocycles. The molecule has 5 nitrogen and oxygen atoms in total. The van der Waals surface area contributed by atoms with Crippen LogP contribution in [0.2, 0.25) is 10.0 Å². The molecule has 0 radical (unpaired) electrons. The molecular formula is C19H24Cl2N4OS. The van der Waals surface area contributed by atoms with E-state index in [-0.39, 0.29) is 23.0 Å². The molecule has 0 spiro atoms. The maximum absolute atomic E-state index is 13.1. The number of anilines is 1. The van der Waals surface area contributed by atoms with Crippen molar-refractivity contribution in [1.29, 1.82) is 0 Å². The summed E-state index contributed by atoms with van der Waals surface area (Å²) in [6.07, 6.45) is 2.04. The lowest BCUT2D eigenvalue weighted by Gasteiger charge is -2.37. The van der Waals surface area contributed by atoms with Crippen LogP contribution in [-0.2, 0) is 7.05 Å². The minimum Gasteiger partial charge on any atom is -0.383 e. The van der Waals surface area contributed by atoms with Gasteiger partial charge >= 0.3 is 0 Å². The zero-order chi connectivity index (χ0) is 19.9. The number of nitrogens with zero attached hydrogens (tertiary/aromatic N) is 3. The van der Waals surface area contributed by atoms with E-state index in [9.17, 15) is 4.79 Å². The Morgan fingerprint density at radius 1 is 1.30 bits per heavy atom. The number of hydrogen-bond donors (Lipinski definition) is 1. The topological polar surface area (TPSA) is 64.2 Å². The minimum absolute atomic E-state index is 0.00457. The molecule has 8 heteroatoms. The predicted octanol–water partition coefficient (Wildman–Crippen LogP) is 4.76. The number of hydrogen-bond acceptors (Lipinski definition) is 5. The predicted molar refractivity (Wildman–Crippen MR) is 113 cm³/mol. The van der Waals surface area contributed by atoms with Crippen LogP contribution in [0.25, 0.3) is 0 Å². The molecule has 2 N–H and O–H groups in total. The maximum atomic E-state index is 13.1. The molecule has 146 valence electrons. The van der Waals surface area contributed by atoms with E-state index < -0.39 is 0 Å². The molecule has 3 rings (SSSR count). The van der Waals surface area contributed by atoms with E-state index in [4.69, 9.17) is 28.9 Å². The normalized spacial score (nSPS) is 18.2. The molecule has 1 aliphatic heterocycles. The van der Waals surface area contributed by atoms with Crippen LogP contribution >= 0.6 is 35.0 Å². The van der Waals surface area contributed by atoms with E-state index in [2.05, 4.69) is 30.7 Å². The van der Waals surface area contributed by atoms with Gasteiger partial charge in [0.15, 0.2) is 0 Å². The van der Waals surface area contributed by atoms with Gasteiger partial charge in [-0.1, -0.05) is 41.0 Å². The molecule has 0 amide bonds. The van der Waals surface area contributed by atoms with Crippen LogP contribution in [0, 0.1) is 0 Å². The molecule has 0 bridgehead atoms. The summed E-state index contributed by atoms with van der Waals surface area (Å²) in [7, 11) is 1.76. The lowest BCUT2D eigenvalue weighted by Crippen LogP contribution is -2.42. The van der Waals surface area contributed by atoms with Crippen molar-refractivity contribution in [2.45, 2.75) is 55.0 Å². The summed E-state index contributed by atoms with van der Waals surface area (Å²) in [6.45, 7) is 7.52. The van der Waals surface area contributed by atoms with Gasteiger partial charge in [0.2, 0.25) is 0 Å². The number of likely N-dealkylation sites (tertiary alicyclic amines) is 1. The highest BCUT2D eigenvalue weighted by atomic mass is 35.5. The Morgan fingerprint density at radius 3 is 2.67 bits per heavy atom. The highest BCUT2D eigenvalue weighted by molar-refractivity contribution is 7.99. The first-order chi connectivity index (χ1) is 12.6. The number of halogens is 2. The van der Waals surface area contributed by atoms with Crippen LogP contribution in [0.3, 0.4) is 0 Å². The Morgan fingerprint density at radius 2 is 2.00 bits per heavy atom. The number of nitrogen functional groups attached to an aromatic ring is 1. The average molecular weight is 427 g/mol. The van der Waals surface area contributed by atoms with Gasteiger partial charge in [0, 0.05) is 17.5 Å². The fourth-order valence-corrected chi connectivity index (χ4v) is 4.93. The van der Waals surface area contributed by atoms with E-state index in [0.717, 1.165) is 19.4 Å². The average Bonchev–Trinajstić information content (AvgIpc) is 3.08. The van der Waals surface area contributed by atoms with Crippen molar-refractivity contribution in [2.24, 2.45) is 7.05 Å². The van der Waals surface area contributed by atoms with Crippen LogP contribution in [0.4, 0.5) is 5.82 Å². The maximum Gasteiger partial charge on any atom is 0.269 e. The number of aromatic nitrogens is 2. The van der Waals surface area contributed by atoms with E-state index in [1.165, 1.54) is 11.8 Å². The first-order valence-electron chi connectivity index (χ1n) is 8.86. The second-order valence-electron chi connectivity index (χ2n) is 7.72. The van der Waals surface area contributed by atoms with Gasteiger partial charge in [-0.15, -0.1) is 0 Å². The molecule has 27 heavy (non-hydrogen) atoms. The molecule has 1 unspecified atom stereocenters. The minimum atomic E-state index is -0.167. The highest BCUT2D eigenvalue weighted by Crippen LogP contribution is 2.39. The fraction of sp³-hybridized carbons (Fsp3) is 0.474. The van der Waals surface area contributed by atoms with E-state index >= 15 is 0 Å². The summed E-state index contributed by atoms with van der Waals surface area (Å²) in [5.41, 5.74) is 6.04. The Hall–Kier alpha value is -1.21. The van der Waals surface area contributed by atoms with Gasteiger partial charge in [-0.3, -0.25) is 14.3 Å². The second kappa shape index (κ2) is 7.66. The first kappa shape index (κ1) is 20.5. The zero-order valence-electron chi connectivity index (χ0n) is 15.9. The van der Waals surface area contributed by atoms with Crippen molar-refractivity contribution in [3.05, 3.63) is 44.4 Å². The van der Waals surface area contributed by atoms with Crippen LogP contribution in [0.15, 0.2) is 32.8 Å². The SMILES string of the molecule is Cn1c(C2CCCN2C(C)(C)C)nc(N)c(Sc2cccc(Cl)c2Cl)c1=O. The largest absolute Gasteiger partial charge is 0.383 e. The van der Waals surface area contributed by atoms with Crippen LogP contribution in [0.5, 0.6) is 0 Å². The van der Waals surface area contributed by atoms with E-state index in [1.54, 1.807) is 23.7 Å². The molecule has 1 aromatic carbocycles. The van der Waals surface area contributed by atoms with Crippen LogP contribution < -0.4 is 11.3 Å². The first-order valence-corrected chi connectivity index (χ1v) is 10.4. The summed E-state index contributed by atoms with van der Waals surface area (Å²) in [6, 6.07) is 5.39. The smallest absolute Gasteiger partial charge is 0.269 e. The lowest BCUT2D eigenvalue weighted by atomic mass is 10.0. The molecule has 2 aromatic rings.